The second-order valence-corrected chi connectivity index (χ2v) is 7.80. The Morgan fingerprint density at radius 3 is 2.22 bits per heavy atom. The highest BCUT2D eigenvalue weighted by molar-refractivity contribution is 5.74. The van der Waals surface area contributed by atoms with Crippen molar-refractivity contribution < 1.29 is 23.5 Å². The minimum absolute atomic E-state index is 0.0645. The Kier molecular flexibility index (Phi) is 5.97. The number of halogens is 2. The Morgan fingerprint density at radius 1 is 1.07 bits per heavy atom. The molecule has 5 nitrogen and oxygen atoms in total. The van der Waals surface area contributed by atoms with Gasteiger partial charge in [0.15, 0.2) is 0 Å². The molecular formula is C20H26F2N2O3. The van der Waals surface area contributed by atoms with Gasteiger partial charge in [0.25, 0.3) is 0 Å². The van der Waals surface area contributed by atoms with Crippen LogP contribution in [0.3, 0.4) is 0 Å². The molecule has 0 bridgehead atoms. The highest BCUT2D eigenvalue weighted by atomic mass is 19.1. The van der Waals surface area contributed by atoms with Crippen LogP contribution in [0.5, 0.6) is 0 Å². The van der Waals surface area contributed by atoms with Crippen molar-refractivity contribution in [1.29, 1.82) is 0 Å². The molecule has 1 aromatic carbocycles. The van der Waals surface area contributed by atoms with Crippen LogP contribution in [0.15, 0.2) is 18.2 Å². The van der Waals surface area contributed by atoms with Crippen molar-refractivity contribution >= 4 is 12.0 Å². The van der Waals surface area contributed by atoms with E-state index < -0.39 is 23.0 Å². The summed E-state index contributed by atoms with van der Waals surface area (Å²) in [6.07, 6.45) is 5.35. The molecule has 0 atom stereocenters. The normalized spacial score (nSPS) is 24.4. The van der Waals surface area contributed by atoms with E-state index in [4.69, 9.17) is 5.11 Å². The maximum Gasteiger partial charge on any atom is 0.315 e. The number of benzene rings is 1. The van der Waals surface area contributed by atoms with E-state index in [-0.39, 0.29) is 30.1 Å². The van der Waals surface area contributed by atoms with Gasteiger partial charge in [0.2, 0.25) is 0 Å². The number of rotatable bonds is 5. The van der Waals surface area contributed by atoms with Crippen LogP contribution in [-0.4, -0.2) is 29.7 Å². The summed E-state index contributed by atoms with van der Waals surface area (Å²) in [5, 5.41) is 14.7. The van der Waals surface area contributed by atoms with E-state index in [1.165, 1.54) is 18.2 Å². The lowest BCUT2D eigenvalue weighted by Gasteiger charge is -2.32. The molecule has 1 aromatic rings. The number of nitrogens with one attached hydrogen (secondary N) is 2. The van der Waals surface area contributed by atoms with Crippen LogP contribution >= 0.6 is 0 Å². The number of amides is 2. The molecule has 0 radical (unpaired) electrons. The molecule has 2 aliphatic rings. The molecule has 27 heavy (non-hydrogen) atoms. The summed E-state index contributed by atoms with van der Waals surface area (Å²) in [6.45, 7) is 0.182. The van der Waals surface area contributed by atoms with Crippen LogP contribution < -0.4 is 10.6 Å². The van der Waals surface area contributed by atoms with Gasteiger partial charge in [0.05, 0.1) is 5.92 Å². The molecule has 3 rings (SSSR count). The Labute approximate surface area is 157 Å². The summed E-state index contributed by atoms with van der Waals surface area (Å²) in [5.74, 6) is -2.25. The van der Waals surface area contributed by atoms with Crippen molar-refractivity contribution in [2.45, 2.75) is 62.8 Å². The highest BCUT2D eigenvalue weighted by Crippen LogP contribution is 2.42. The zero-order valence-corrected chi connectivity index (χ0v) is 15.3. The van der Waals surface area contributed by atoms with Gasteiger partial charge in [-0.3, -0.25) is 4.79 Å². The average molecular weight is 380 g/mol. The first kappa shape index (κ1) is 19.6. The van der Waals surface area contributed by atoms with E-state index >= 15 is 0 Å². The van der Waals surface area contributed by atoms with E-state index in [1.54, 1.807) is 0 Å². The fourth-order valence-electron chi connectivity index (χ4n) is 4.54. The zero-order valence-electron chi connectivity index (χ0n) is 15.3. The van der Waals surface area contributed by atoms with Crippen LogP contribution in [-0.2, 0) is 10.2 Å². The first-order chi connectivity index (χ1) is 12.9. The molecule has 2 saturated carbocycles. The number of carboxylic acids is 1. The van der Waals surface area contributed by atoms with Gasteiger partial charge in [-0.15, -0.1) is 0 Å². The van der Waals surface area contributed by atoms with E-state index in [1.807, 2.05) is 0 Å². The number of urea groups is 1. The van der Waals surface area contributed by atoms with Gasteiger partial charge in [-0.2, -0.15) is 0 Å². The van der Waals surface area contributed by atoms with Crippen LogP contribution in [0, 0.1) is 17.6 Å². The topological polar surface area (TPSA) is 78.4 Å². The Morgan fingerprint density at radius 2 is 1.67 bits per heavy atom. The van der Waals surface area contributed by atoms with Crippen molar-refractivity contribution in [2.24, 2.45) is 5.92 Å². The first-order valence-corrected chi connectivity index (χ1v) is 9.63. The smallest absolute Gasteiger partial charge is 0.315 e. The van der Waals surface area contributed by atoms with Crippen molar-refractivity contribution in [3.63, 3.8) is 0 Å². The second-order valence-electron chi connectivity index (χ2n) is 7.80. The van der Waals surface area contributed by atoms with E-state index in [0.717, 1.165) is 12.8 Å². The minimum Gasteiger partial charge on any atom is -0.481 e. The summed E-state index contributed by atoms with van der Waals surface area (Å²) in [4.78, 5) is 23.3. The molecule has 148 valence electrons. The maximum absolute atomic E-state index is 14.3. The van der Waals surface area contributed by atoms with Crippen molar-refractivity contribution in [3.8, 4) is 0 Å². The number of carboxylic acid groups (broad SMARTS) is 1. The molecule has 7 heteroatoms. The number of aliphatic carboxylic acids is 1. The van der Waals surface area contributed by atoms with E-state index in [9.17, 15) is 18.4 Å². The quantitative estimate of drug-likeness (QED) is 0.728. The van der Waals surface area contributed by atoms with Gasteiger partial charge in [0.1, 0.15) is 11.6 Å². The highest BCUT2D eigenvalue weighted by Gasteiger charge is 2.40. The predicted molar refractivity (Wildman–Crippen MR) is 96.4 cm³/mol. The molecule has 0 unspecified atom stereocenters. The molecule has 3 N–H and O–H groups in total. The van der Waals surface area contributed by atoms with Crippen molar-refractivity contribution in [2.75, 3.05) is 6.54 Å². The molecular weight excluding hydrogens is 354 g/mol. The molecule has 2 fully saturated rings. The SMILES string of the molecule is O=C(NCC1(c2c(F)cccc2F)CCCC1)NC1CCC(C(=O)O)CC1. The van der Waals surface area contributed by atoms with Gasteiger partial charge in [-0.05, 0) is 50.7 Å². The Bertz CT molecular complexity index is 676. The third kappa shape index (κ3) is 4.39. The number of hydrogen-bond donors (Lipinski definition) is 3. The summed E-state index contributed by atoms with van der Waals surface area (Å²) < 4.78 is 28.7. The minimum atomic E-state index is -0.784. The molecule has 0 aromatic heterocycles. The summed E-state index contributed by atoms with van der Waals surface area (Å²) in [5.41, 5.74) is -0.641. The van der Waals surface area contributed by atoms with Crippen LogP contribution in [0.1, 0.15) is 56.9 Å². The fraction of sp³-hybridized carbons (Fsp3) is 0.600. The Hall–Kier alpha value is -2.18. The van der Waals surface area contributed by atoms with Gasteiger partial charge < -0.3 is 15.7 Å². The lowest BCUT2D eigenvalue weighted by molar-refractivity contribution is -0.142. The average Bonchev–Trinajstić information content (AvgIpc) is 3.10. The van der Waals surface area contributed by atoms with Gasteiger partial charge in [0, 0.05) is 23.6 Å². The van der Waals surface area contributed by atoms with Crippen LogP contribution in [0.2, 0.25) is 0 Å². The predicted octanol–water partition coefficient (Wildman–Crippen LogP) is 3.72. The molecule has 2 amide bonds. The largest absolute Gasteiger partial charge is 0.481 e. The Balaban J connectivity index is 1.59. The van der Waals surface area contributed by atoms with Crippen molar-refractivity contribution in [1.82, 2.24) is 10.6 Å². The first-order valence-electron chi connectivity index (χ1n) is 9.63. The van der Waals surface area contributed by atoms with Gasteiger partial charge in [-0.25, -0.2) is 13.6 Å². The van der Waals surface area contributed by atoms with E-state index in [2.05, 4.69) is 10.6 Å². The molecule has 0 heterocycles. The summed E-state index contributed by atoms with van der Waals surface area (Å²) in [6, 6.07) is 3.45. The number of carbonyl (C=O) groups is 2. The van der Waals surface area contributed by atoms with Crippen molar-refractivity contribution in [3.05, 3.63) is 35.4 Å². The molecule has 0 saturated heterocycles. The monoisotopic (exact) mass is 380 g/mol. The van der Waals surface area contributed by atoms with Gasteiger partial charge in [-0.1, -0.05) is 18.9 Å². The standard InChI is InChI=1S/C20H26F2N2O3/c21-15-4-3-5-16(22)17(15)20(10-1-2-11-20)12-23-19(27)24-14-8-6-13(7-9-14)18(25)26/h3-5,13-14H,1-2,6-12H2,(H,25,26)(H2,23,24,27). The fourth-order valence-corrected chi connectivity index (χ4v) is 4.54. The zero-order chi connectivity index (χ0) is 19.4. The molecule has 0 spiro atoms. The number of hydrogen-bond acceptors (Lipinski definition) is 2. The van der Waals surface area contributed by atoms with E-state index in [0.29, 0.717) is 38.5 Å². The summed E-state index contributed by atoms with van der Waals surface area (Å²) in [7, 11) is 0. The number of carbonyl (C=O) groups excluding carboxylic acids is 1. The maximum atomic E-state index is 14.3. The molecule has 0 aliphatic heterocycles. The lowest BCUT2D eigenvalue weighted by atomic mass is 9.78. The van der Waals surface area contributed by atoms with Crippen LogP contribution in [0.25, 0.3) is 0 Å². The summed E-state index contributed by atoms with van der Waals surface area (Å²) >= 11 is 0. The second kappa shape index (κ2) is 8.23. The lowest BCUT2D eigenvalue weighted by Crippen LogP contribution is -2.48. The van der Waals surface area contributed by atoms with Crippen LogP contribution in [0.4, 0.5) is 13.6 Å². The third-order valence-corrected chi connectivity index (χ3v) is 6.05. The van der Waals surface area contributed by atoms with Gasteiger partial charge >= 0.3 is 12.0 Å². The molecule has 2 aliphatic carbocycles. The third-order valence-electron chi connectivity index (χ3n) is 6.05.